The highest BCUT2D eigenvalue weighted by Gasteiger charge is 2.52. The first-order valence-corrected chi connectivity index (χ1v) is 14.8. The summed E-state index contributed by atoms with van der Waals surface area (Å²) in [5, 5.41) is 17.5. The predicted octanol–water partition coefficient (Wildman–Crippen LogP) is 9.17. The van der Waals surface area contributed by atoms with E-state index in [0.29, 0.717) is 11.4 Å². The lowest BCUT2D eigenvalue weighted by molar-refractivity contribution is 0.549. The largest absolute Gasteiger partial charge is 0.300 e. The Balaban J connectivity index is 1.46. The highest BCUT2D eigenvalue weighted by molar-refractivity contribution is 7.99. The number of fused-ring (bicyclic) bond motifs is 8. The van der Waals surface area contributed by atoms with Crippen LogP contribution < -0.4 is 0 Å². The molecule has 1 spiro atoms. The van der Waals surface area contributed by atoms with Gasteiger partial charge in [0.15, 0.2) is 0 Å². The van der Waals surface area contributed by atoms with Crippen molar-refractivity contribution in [3.63, 3.8) is 0 Å². The van der Waals surface area contributed by atoms with Crippen LogP contribution in [0.3, 0.4) is 0 Å². The first-order chi connectivity index (χ1) is 19.9. The molecule has 0 bridgehead atoms. The lowest BCUT2D eigenvalue weighted by Gasteiger charge is -2.50. The zero-order valence-electron chi connectivity index (χ0n) is 23.1. The summed E-state index contributed by atoms with van der Waals surface area (Å²) >= 11 is 1.81. The molecule has 0 atom stereocenters. The van der Waals surface area contributed by atoms with Gasteiger partial charge in [-0.1, -0.05) is 129 Å². The first kappa shape index (κ1) is 25.5. The summed E-state index contributed by atoms with van der Waals surface area (Å²) in [5.74, 6) is 0. The second-order valence-electron chi connectivity index (χ2n) is 11.3. The summed E-state index contributed by atoms with van der Waals surface area (Å²) in [4.78, 5) is 2.48. The van der Waals surface area contributed by atoms with Crippen LogP contribution in [0.2, 0.25) is 0 Å². The van der Waals surface area contributed by atoms with Crippen molar-refractivity contribution in [3.8, 4) is 0 Å². The molecule has 0 aromatic heterocycles. The van der Waals surface area contributed by atoms with Gasteiger partial charge in [-0.2, -0.15) is 0 Å². The second kappa shape index (κ2) is 9.57. The molecule has 0 fully saturated rings. The molecule has 2 aliphatic rings. The number of hydrogen-bond acceptors (Lipinski definition) is 3. The maximum Gasteiger partial charge on any atom is 0.0729 e. The molecule has 3 heteroatoms. The third-order valence-corrected chi connectivity index (χ3v) is 9.87. The lowest BCUT2D eigenvalue weighted by atomic mass is 9.54. The molecule has 1 heterocycles. The van der Waals surface area contributed by atoms with Crippen LogP contribution in [0.1, 0.15) is 58.4 Å². The highest BCUT2D eigenvalue weighted by Crippen LogP contribution is 2.61. The Morgan fingerprint density at radius 3 is 1.63 bits per heavy atom. The molecular formula is C38H30N2S. The molecule has 2 nitrogen and oxygen atoms in total. The summed E-state index contributed by atoms with van der Waals surface area (Å²) in [6, 6.07) is 42.8. The Hall–Kier alpha value is -4.47. The first-order valence-electron chi connectivity index (χ1n) is 13.9. The SMILES string of the molecule is CC1(C)c2ccccc2C2(c3ccccc3Sc3ccc(C(=N)/C=C\C(=N)c4ccccc4)cc32)c2ccccc21. The monoisotopic (exact) mass is 546 g/mol. The van der Waals surface area contributed by atoms with Crippen LogP contribution in [0, 0.1) is 10.8 Å². The van der Waals surface area contributed by atoms with Crippen LogP contribution in [0.15, 0.2) is 143 Å². The average molecular weight is 547 g/mol. The van der Waals surface area contributed by atoms with E-state index in [4.69, 9.17) is 10.8 Å². The summed E-state index contributed by atoms with van der Waals surface area (Å²) < 4.78 is 0. The molecule has 0 unspecified atom stereocenters. The van der Waals surface area contributed by atoms with Crippen molar-refractivity contribution >= 4 is 23.2 Å². The topological polar surface area (TPSA) is 47.7 Å². The van der Waals surface area contributed by atoms with Gasteiger partial charge in [0.1, 0.15) is 0 Å². The van der Waals surface area contributed by atoms with E-state index in [0.717, 1.165) is 11.1 Å². The Kier molecular flexibility index (Phi) is 5.95. The van der Waals surface area contributed by atoms with E-state index in [1.54, 1.807) is 12.2 Å². The standard InChI is InChI=1S/C38H30N2S/c1-37(2)27-14-6-8-16-29(27)38(30-17-9-7-15-28(30)37)31-18-10-11-19-35(31)41-36-23-20-26(24-32(36)38)34(40)22-21-33(39)25-12-4-3-5-13-25/h3-24,39-40H,1-2H3/b22-21-,39-33?,40-34?. The fourth-order valence-electron chi connectivity index (χ4n) is 6.77. The number of rotatable bonds is 4. The van der Waals surface area contributed by atoms with Crippen molar-refractivity contribution in [2.45, 2.75) is 34.5 Å². The third-order valence-electron chi connectivity index (χ3n) is 8.72. The van der Waals surface area contributed by atoms with Gasteiger partial charge < -0.3 is 10.8 Å². The fourth-order valence-corrected chi connectivity index (χ4v) is 7.94. The normalized spacial score (nSPS) is 15.5. The molecule has 0 saturated heterocycles. The van der Waals surface area contributed by atoms with E-state index in [2.05, 4.69) is 105 Å². The molecule has 0 saturated carbocycles. The van der Waals surface area contributed by atoms with E-state index in [-0.39, 0.29) is 5.41 Å². The summed E-state index contributed by atoms with van der Waals surface area (Å²) in [7, 11) is 0. The number of allylic oxidation sites excluding steroid dienone is 2. The maximum absolute atomic E-state index is 9.01. The van der Waals surface area contributed by atoms with E-state index >= 15 is 0 Å². The fraction of sp³-hybridized carbons (Fsp3) is 0.105. The van der Waals surface area contributed by atoms with Crippen LogP contribution in [-0.4, -0.2) is 11.4 Å². The Morgan fingerprint density at radius 1 is 0.512 bits per heavy atom. The minimum atomic E-state index is -0.503. The molecule has 5 aromatic rings. The van der Waals surface area contributed by atoms with Crippen LogP contribution in [-0.2, 0) is 10.8 Å². The molecule has 2 N–H and O–H groups in total. The minimum absolute atomic E-state index is 0.150. The molecule has 7 rings (SSSR count). The summed E-state index contributed by atoms with van der Waals surface area (Å²) in [6.45, 7) is 4.67. The molecule has 0 amide bonds. The Bertz CT molecular complexity index is 1830. The molecule has 41 heavy (non-hydrogen) atoms. The molecule has 1 aliphatic heterocycles. The van der Waals surface area contributed by atoms with E-state index in [9.17, 15) is 0 Å². The zero-order valence-corrected chi connectivity index (χ0v) is 23.9. The van der Waals surface area contributed by atoms with Gasteiger partial charge in [0, 0.05) is 15.2 Å². The van der Waals surface area contributed by atoms with Crippen molar-refractivity contribution in [3.05, 3.63) is 178 Å². The van der Waals surface area contributed by atoms with Crippen molar-refractivity contribution in [2.24, 2.45) is 0 Å². The third kappa shape index (κ3) is 3.80. The Morgan fingerprint density at radius 2 is 1.00 bits per heavy atom. The van der Waals surface area contributed by atoms with Gasteiger partial charge in [-0.05, 0) is 74.9 Å². The number of hydrogen-bond donors (Lipinski definition) is 2. The van der Waals surface area contributed by atoms with Crippen molar-refractivity contribution in [1.29, 1.82) is 10.8 Å². The van der Waals surface area contributed by atoms with Crippen molar-refractivity contribution in [2.75, 3.05) is 0 Å². The molecule has 1 aliphatic carbocycles. The highest BCUT2D eigenvalue weighted by atomic mass is 32.2. The summed E-state index contributed by atoms with van der Waals surface area (Å²) in [6.07, 6.45) is 3.48. The van der Waals surface area contributed by atoms with Gasteiger partial charge in [-0.15, -0.1) is 0 Å². The Labute approximate surface area is 245 Å². The van der Waals surface area contributed by atoms with Gasteiger partial charge in [0.2, 0.25) is 0 Å². The van der Waals surface area contributed by atoms with E-state index in [1.807, 2.05) is 42.1 Å². The lowest BCUT2D eigenvalue weighted by Crippen LogP contribution is -2.43. The van der Waals surface area contributed by atoms with Crippen LogP contribution in [0.5, 0.6) is 0 Å². The number of nitrogens with one attached hydrogen (secondary N) is 2. The smallest absolute Gasteiger partial charge is 0.0729 e. The van der Waals surface area contributed by atoms with Gasteiger partial charge in [-0.3, -0.25) is 0 Å². The minimum Gasteiger partial charge on any atom is -0.300 e. The maximum atomic E-state index is 9.01. The zero-order chi connectivity index (χ0) is 28.2. The summed E-state index contributed by atoms with van der Waals surface area (Å²) in [5.41, 5.74) is 9.61. The van der Waals surface area contributed by atoms with Crippen LogP contribution in [0.4, 0.5) is 0 Å². The van der Waals surface area contributed by atoms with Gasteiger partial charge >= 0.3 is 0 Å². The van der Waals surface area contributed by atoms with Gasteiger partial charge in [0.05, 0.1) is 16.8 Å². The van der Waals surface area contributed by atoms with E-state index in [1.165, 1.54) is 43.2 Å². The average Bonchev–Trinajstić information content (AvgIpc) is 3.02. The van der Waals surface area contributed by atoms with Crippen molar-refractivity contribution < 1.29 is 0 Å². The molecule has 5 aromatic carbocycles. The molecular weight excluding hydrogens is 516 g/mol. The van der Waals surface area contributed by atoms with Crippen LogP contribution in [0.25, 0.3) is 0 Å². The van der Waals surface area contributed by atoms with E-state index < -0.39 is 5.41 Å². The van der Waals surface area contributed by atoms with Crippen molar-refractivity contribution in [1.82, 2.24) is 0 Å². The van der Waals surface area contributed by atoms with Gasteiger partial charge in [0.25, 0.3) is 0 Å². The predicted molar refractivity (Wildman–Crippen MR) is 170 cm³/mol. The number of benzene rings is 5. The quantitative estimate of drug-likeness (QED) is 0.213. The molecule has 0 radical (unpaired) electrons. The van der Waals surface area contributed by atoms with Gasteiger partial charge in [-0.25, -0.2) is 0 Å². The molecule has 198 valence electrons. The van der Waals surface area contributed by atoms with Crippen LogP contribution >= 0.6 is 11.8 Å². The second-order valence-corrected chi connectivity index (χ2v) is 12.4.